The molecule has 0 spiro atoms. The van der Waals surface area contributed by atoms with Crippen molar-refractivity contribution in [3.63, 3.8) is 0 Å². The number of sulfonamides is 1. The molecule has 116 valence electrons. The van der Waals surface area contributed by atoms with Gasteiger partial charge in [0.2, 0.25) is 10.0 Å². The number of rotatable bonds is 5. The number of hydrogen-bond donors (Lipinski definition) is 2. The van der Waals surface area contributed by atoms with E-state index >= 15 is 0 Å². The van der Waals surface area contributed by atoms with Crippen LogP contribution in [0.3, 0.4) is 0 Å². The number of carbonyl (C=O) groups excluding carboxylic acids is 1. The van der Waals surface area contributed by atoms with E-state index in [1.165, 1.54) is 19.8 Å². The predicted molar refractivity (Wildman–Crippen MR) is 76.7 cm³/mol. The highest BCUT2D eigenvalue weighted by atomic mass is 32.2. The SMILES string of the molecule is Cc1c(F)cc(C(=O)NCC(C)C2CC2)cc1S(N)(=O)=O. The molecule has 0 aliphatic heterocycles. The van der Waals surface area contributed by atoms with E-state index in [2.05, 4.69) is 5.32 Å². The van der Waals surface area contributed by atoms with Gasteiger partial charge in [-0.2, -0.15) is 0 Å². The van der Waals surface area contributed by atoms with Gasteiger partial charge in [0.1, 0.15) is 5.82 Å². The molecule has 1 atom stereocenters. The Kier molecular flexibility index (Phi) is 4.34. The Morgan fingerprint density at radius 2 is 2.10 bits per heavy atom. The van der Waals surface area contributed by atoms with Crippen LogP contribution in [0.1, 0.15) is 35.7 Å². The zero-order chi connectivity index (χ0) is 15.8. The fourth-order valence-electron chi connectivity index (χ4n) is 2.27. The molecule has 1 aliphatic carbocycles. The van der Waals surface area contributed by atoms with Crippen molar-refractivity contribution in [2.45, 2.75) is 31.6 Å². The van der Waals surface area contributed by atoms with Crippen molar-refractivity contribution >= 4 is 15.9 Å². The molecule has 1 aromatic rings. The van der Waals surface area contributed by atoms with Crippen LogP contribution in [0.15, 0.2) is 17.0 Å². The summed E-state index contributed by atoms with van der Waals surface area (Å²) in [7, 11) is -4.07. The minimum Gasteiger partial charge on any atom is -0.352 e. The number of amides is 1. The Bertz CT molecular complexity index is 669. The standard InChI is InChI=1S/C14H19FN2O3S/c1-8(10-3-4-10)7-17-14(18)11-5-12(15)9(2)13(6-11)21(16,19)20/h5-6,8,10H,3-4,7H2,1-2H3,(H,17,18)(H2,16,19,20). The maximum absolute atomic E-state index is 13.8. The molecule has 3 N–H and O–H groups in total. The molecule has 7 heteroatoms. The number of halogens is 1. The van der Waals surface area contributed by atoms with Gasteiger partial charge >= 0.3 is 0 Å². The molecule has 1 fully saturated rings. The van der Waals surface area contributed by atoms with Crippen molar-refractivity contribution in [1.82, 2.24) is 5.32 Å². The number of nitrogens with two attached hydrogens (primary N) is 1. The Morgan fingerprint density at radius 3 is 2.62 bits per heavy atom. The third-order valence-corrected chi connectivity index (χ3v) is 4.91. The number of nitrogens with one attached hydrogen (secondary N) is 1. The van der Waals surface area contributed by atoms with E-state index in [0.717, 1.165) is 12.1 Å². The van der Waals surface area contributed by atoms with Crippen molar-refractivity contribution in [3.8, 4) is 0 Å². The summed E-state index contributed by atoms with van der Waals surface area (Å²) in [6, 6.07) is 2.14. The lowest BCUT2D eigenvalue weighted by Crippen LogP contribution is -2.29. The Labute approximate surface area is 123 Å². The number of benzene rings is 1. The third kappa shape index (κ3) is 3.79. The van der Waals surface area contributed by atoms with Gasteiger partial charge in [-0.05, 0) is 43.7 Å². The molecule has 1 unspecified atom stereocenters. The molecular weight excluding hydrogens is 295 g/mol. The summed E-state index contributed by atoms with van der Waals surface area (Å²) in [5.74, 6) is -0.254. The molecule has 2 rings (SSSR count). The third-order valence-electron chi connectivity index (χ3n) is 3.88. The van der Waals surface area contributed by atoms with E-state index in [1.54, 1.807) is 0 Å². The van der Waals surface area contributed by atoms with Crippen LogP contribution in [0, 0.1) is 24.6 Å². The molecule has 0 radical (unpaired) electrons. The summed E-state index contributed by atoms with van der Waals surface area (Å²) in [4.78, 5) is 11.7. The van der Waals surface area contributed by atoms with E-state index < -0.39 is 21.7 Å². The minimum absolute atomic E-state index is 0.0369. The highest BCUT2D eigenvalue weighted by molar-refractivity contribution is 7.89. The summed E-state index contributed by atoms with van der Waals surface area (Å²) in [6.07, 6.45) is 2.34. The van der Waals surface area contributed by atoms with Gasteiger partial charge in [0.15, 0.2) is 0 Å². The Morgan fingerprint density at radius 1 is 1.48 bits per heavy atom. The Hall–Kier alpha value is -1.47. The largest absolute Gasteiger partial charge is 0.352 e. The molecule has 0 bridgehead atoms. The van der Waals surface area contributed by atoms with E-state index in [9.17, 15) is 17.6 Å². The maximum atomic E-state index is 13.8. The quantitative estimate of drug-likeness (QED) is 0.864. The first-order valence-electron chi connectivity index (χ1n) is 6.81. The van der Waals surface area contributed by atoms with Crippen molar-refractivity contribution in [3.05, 3.63) is 29.1 Å². The van der Waals surface area contributed by atoms with Gasteiger partial charge in [0.25, 0.3) is 5.91 Å². The van der Waals surface area contributed by atoms with Crippen molar-refractivity contribution < 1.29 is 17.6 Å². The molecule has 1 aromatic carbocycles. The molecule has 1 aliphatic rings. The zero-order valence-electron chi connectivity index (χ0n) is 12.0. The Balaban J connectivity index is 2.19. The monoisotopic (exact) mass is 314 g/mol. The first-order chi connectivity index (χ1) is 9.70. The second-order valence-electron chi connectivity index (χ2n) is 5.65. The summed E-state index contributed by atoms with van der Waals surface area (Å²) in [5.41, 5.74) is -0.120. The lowest BCUT2D eigenvalue weighted by atomic mass is 10.1. The lowest BCUT2D eigenvalue weighted by molar-refractivity contribution is 0.0946. The van der Waals surface area contributed by atoms with Crippen molar-refractivity contribution in [2.75, 3.05) is 6.54 Å². The molecule has 1 saturated carbocycles. The topological polar surface area (TPSA) is 89.3 Å². The van der Waals surface area contributed by atoms with Gasteiger partial charge in [-0.1, -0.05) is 6.92 Å². The number of hydrogen-bond acceptors (Lipinski definition) is 3. The van der Waals surface area contributed by atoms with Crippen LogP contribution in [0.5, 0.6) is 0 Å². The molecular formula is C14H19FN2O3S. The van der Waals surface area contributed by atoms with Gasteiger partial charge in [-0.25, -0.2) is 17.9 Å². The van der Waals surface area contributed by atoms with E-state index in [0.29, 0.717) is 18.4 Å². The highest BCUT2D eigenvalue weighted by Crippen LogP contribution is 2.36. The van der Waals surface area contributed by atoms with E-state index in [-0.39, 0.29) is 16.0 Å². The average Bonchev–Trinajstić information content (AvgIpc) is 3.21. The average molecular weight is 314 g/mol. The molecule has 0 saturated heterocycles. The number of primary sulfonamides is 1. The molecule has 21 heavy (non-hydrogen) atoms. The van der Waals surface area contributed by atoms with Crippen LogP contribution in [0.25, 0.3) is 0 Å². The molecule has 0 aromatic heterocycles. The normalized spacial score (nSPS) is 16.6. The van der Waals surface area contributed by atoms with Gasteiger partial charge in [0.05, 0.1) is 4.90 Å². The van der Waals surface area contributed by atoms with E-state index in [4.69, 9.17) is 5.14 Å². The van der Waals surface area contributed by atoms with Crippen LogP contribution in [-0.2, 0) is 10.0 Å². The van der Waals surface area contributed by atoms with Gasteiger partial charge in [-0.3, -0.25) is 4.79 Å². The second kappa shape index (κ2) is 5.73. The molecule has 5 nitrogen and oxygen atoms in total. The minimum atomic E-state index is -4.07. The second-order valence-corrected chi connectivity index (χ2v) is 7.18. The predicted octanol–water partition coefficient (Wildman–Crippen LogP) is 1.56. The molecule has 0 heterocycles. The van der Waals surface area contributed by atoms with Crippen LogP contribution >= 0.6 is 0 Å². The molecule has 1 amide bonds. The maximum Gasteiger partial charge on any atom is 0.251 e. The summed E-state index contributed by atoms with van der Waals surface area (Å²) in [6.45, 7) is 3.85. The zero-order valence-corrected chi connectivity index (χ0v) is 12.8. The first-order valence-corrected chi connectivity index (χ1v) is 8.36. The van der Waals surface area contributed by atoms with Crippen molar-refractivity contribution in [2.24, 2.45) is 17.0 Å². The first kappa shape index (κ1) is 15.9. The van der Waals surface area contributed by atoms with Gasteiger partial charge < -0.3 is 5.32 Å². The highest BCUT2D eigenvalue weighted by Gasteiger charge is 2.28. The lowest BCUT2D eigenvalue weighted by Gasteiger charge is -2.13. The fraction of sp³-hybridized carbons (Fsp3) is 0.500. The van der Waals surface area contributed by atoms with Gasteiger partial charge in [-0.15, -0.1) is 0 Å². The van der Waals surface area contributed by atoms with Crippen LogP contribution in [0.4, 0.5) is 4.39 Å². The smallest absolute Gasteiger partial charge is 0.251 e. The fourth-order valence-corrected chi connectivity index (χ4v) is 3.08. The van der Waals surface area contributed by atoms with Crippen molar-refractivity contribution in [1.29, 1.82) is 0 Å². The van der Waals surface area contributed by atoms with Crippen LogP contribution < -0.4 is 10.5 Å². The summed E-state index contributed by atoms with van der Waals surface area (Å²) < 4.78 is 36.6. The summed E-state index contributed by atoms with van der Waals surface area (Å²) in [5, 5.41) is 7.74. The van der Waals surface area contributed by atoms with Crippen LogP contribution in [0.2, 0.25) is 0 Å². The number of carbonyl (C=O) groups is 1. The van der Waals surface area contributed by atoms with E-state index in [1.807, 2.05) is 6.92 Å². The van der Waals surface area contributed by atoms with Crippen LogP contribution in [-0.4, -0.2) is 20.9 Å². The summed E-state index contributed by atoms with van der Waals surface area (Å²) >= 11 is 0. The van der Waals surface area contributed by atoms with Gasteiger partial charge in [0, 0.05) is 17.7 Å².